The van der Waals surface area contributed by atoms with Gasteiger partial charge in [0, 0.05) is 37.6 Å². The highest BCUT2D eigenvalue weighted by Gasteiger charge is 2.19. The lowest BCUT2D eigenvalue weighted by Crippen LogP contribution is -2.52. The minimum absolute atomic E-state index is 0.0991. The highest BCUT2D eigenvalue weighted by atomic mass is 32.1. The van der Waals surface area contributed by atoms with Gasteiger partial charge in [-0.2, -0.15) is 0 Å². The van der Waals surface area contributed by atoms with Crippen LogP contribution in [0.1, 0.15) is 11.1 Å². The second-order valence-corrected chi connectivity index (χ2v) is 7.45. The summed E-state index contributed by atoms with van der Waals surface area (Å²) in [5.74, 6) is -0.0991. The van der Waals surface area contributed by atoms with Crippen molar-refractivity contribution in [2.45, 2.75) is 13.8 Å². The van der Waals surface area contributed by atoms with Crippen molar-refractivity contribution in [3.8, 4) is 0 Å². The van der Waals surface area contributed by atoms with Crippen molar-refractivity contribution in [3.05, 3.63) is 59.7 Å². The van der Waals surface area contributed by atoms with Crippen LogP contribution in [0.4, 0.5) is 11.4 Å². The molecule has 0 unspecified atom stereocenters. The average molecular weight is 398 g/mol. The molecule has 0 spiro atoms. The number of para-hydroxylation sites is 1. The number of benzene rings is 2. The standard InChI is InChI=1S/C21H27N5OS/c1-16-8-9-19(17(2)14-16)22-21(28)24-23-20(27)15-25-10-12-26(13-11-25)18-6-4-3-5-7-18/h3-9,14H,10-13,15H2,1-2H3,(H,23,27)(H2,22,24,28). The molecule has 28 heavy (non-hydrogen) atoms. The van der Waals surface area contributed by atoms with Crippen molar-refractivity contribution in [2.75, 3.05) is 42.9 Å². The number of hydrogen-bond acceptors (Lipinski definition) is 4. The summed E-state index contributed by atoms with van der Waals surface area (Å²) in [6.45, 7) is 7.95. The fourth-order valence-electron chi connectivity index (χ4n) is 3.28. The van der Waals surface area contributed by atoms with E-state index in [9.17, 15) is 4.79 Å². The summed E-state index contributed by atoms with van der Waals surface area (Å²) < 4.78 is 0. The molecular formula is C21H27N5OS. The van der Waals surface area contributed by atoms with Crippen molar-refractivity contribution in [1.82, 2.24) is 15.8 Å². The van der Waals surface area contributed by atoms with E-state index in [0.717, 1.165) is 37.4 Å². The van der Waals surface area contributed by atoms with Gasteiger partial charge in [-0.05, 0) is 49.8 Å². The number of nitrogens with one attached hydrogen (secondary N) is 3. The van der Waals surface area contributed by atoms with E-state index in [1.54, 1.807) is 0 Å². The third-order valence-corrected chi connectivity index (χ3v) is 5.01. The van der Waals surface area contributed by atoms with Gasteiger partial charge in [-0.3, -0.25) is 20.5 Å². The van der Waals surface area contributed by atoms with Crippen LogP contribution in [0.15, 0.2) is 48.5 Å². The predicted molar refractivity (Wildman–Crippen MR) is 119 cm³/mol. The first-order valence-electron chi connectivity index (χ1n) is 9.47. The quantitative estimate of drug-likeness (QED) is 0.544. The molecule has 2 aromatic rings. The zero-order chi connectivity index (χ0) is 19.9. The first-order chi connectivity index (χ1) is 13.5. The number of rotatable bonds is 4. The lowest BCUT2D eigenvalue weighted by Gasteiger charge is -2.35. The highest BCUT2D eigenvalue weighted by Crippen LogP contribution is 2.16. The number of thiocarbonyl (C=S) groups is 1. The van der Waals surface area contributed by atoms with E-state index in [2.05, 4.69) is 56.3 Å². The summed E-state index contributed by atoms with van der Waals surface area (Å²) in [5, 5.41) is 3.48. The molecule has 1 aliphatic rings. The van der Waals surface area contributed by atoms with Gasteiger partial charge in [-0.15, -0.1) is 0 Å². The number of carbonyl (C=O) groups is 1. The molecule has 0 aromatic heterocycles. The van der Waals surface area contributed by atoms with Crippen LogP contribution in [0, 0.1) is 13.8 Å². The van der Waals surface area contributed by atoms with Crippen LogP contribution in [-0.2, 0) is 4.79 Å². The number of anilines is 2. The minimum Gasteiger partial charge on any atom is -0.369 e. The van der Waals surface area contributed by atoms with Crippen LogP contribution in [-0.4, -0.2) is 48.6 Å². The second kappa shape index (κ2) is 9.52. The molecule has 0 saturated carbocycles. The first kappa shape index (κ1) is 20.1. The molecule has 1 fully saturated rings. The van der Waals surface area contributed by atoms with Gasteiger partial charge in [0.1, 0.15) is 0 Å². The molecule has 0 aliphatic carbocycles. The number of amides is 1. The summed E-state index contributed by atoms with van der Waals surface area (Å²) in [6.07, 6.45) is 0. The van der Waals surface area contributed by atoms with Crippen LogP contribution in [0.2, 0.25) is 0 Å². The maximum Gasteiger partial charge on any atom is 0.252 e. The predicted octanol–water partition coefficient (Wildman–Crippen LogP) is 2.44. The Labute approximate surface area is 171 Å². The third kappa shape index (κ3) is 5.68. The Morgan fingerprint density at radius 1 is 1.00 bits per heavy atom. The number of piperazine rings is 1. The van der Waals surface area contributed by atoms with E-state index in [4.69, 9.17) is 12.2 Å². The van der Waals surface area contributed by atoms with Gasteiger partial charge < -0.3 is 10.2 Å². The molecular weight excluding hydrogens is 370 g/mol. The molecule has 3 N–H and O–H groups in total. The monoisotopic (exact) mass is 397 g/mol. The number of hydrogen-bond donors (Lipinski definition) is 3. The summed E-state index contributed by atoms with van der Waals surface area (Å²) in [4.78, 5) is 16.7. The normalized spacial score (nSPS) is 14.4. The molecule has 1 amide bonds. The molecule has 1 heterocycles. The number of carbonyl (C=O) groups excluding carboxylic acids is 1. The molecule has 0 radical (unpaired) electrons. The minimum atomic E-state index is -0.0991. The first-order valence-corrected chi connectivity index (χ1v) is 9.87. The summed E-state index contributed by atoms with van der Waals surface area (Å²) >= 11 is 5.26. The lowest BCUT2D eigenvalue weighted by atomic mass is 10.1. The fraction of sp³-hybridized carbons (Fsp3) is 0.333. The van der Waals surface area contributed by atoms with Crippen molar-refractivity contribution in [1.29, 1.82) is 0 Å². The number of hydrazine groups is 1. The molecule has 3 rings (SSSR count). The molecule has 7 heteroatoms. The van der Waals surface area contributed by atoms with Crippen molar-refractivity contribution < 1.29 is 4.79 Å². The van der Waals surface area contributed by atoms with Gasteiger partial charge in [0.2, 0.25) is 0 Å². The summed E-state index contributed by atoms with van der Waals surface area (Å²) in [7, 11) is 0. The Hall–Kier alpha value is -2.64. The number of nitrogens with zero attached hydrogens (tertiary/aromatic N) is 2. The number of aryl methyl sites for hydroxylation is 2. The van der Waals surface area contributed by atoms with Gasteiger partial charge in [-0.1, -0.05) is 35.9 Å². The van der Waals surface area contributed by atoms with E-state index in [0.29, 0.717) is 11.7 Å². The molecule has 6 nitrogen and oxygen atoms in total. The Kier molecular flexibility index (Phi) is 6.84. The van der Waals surface area contributed by atoms with E-state index in [1.165, 1.54) is 11.3 Å². The zero-order valence-electron chi connectivity index (χ0n) is 16.4. The lowest BCUT2D eigenvalue weighted by molar-refractivity contribution is -0.122. The topological polar surface area (TPSA) is 59.6 Å². The van der Waals surface area contributed by atoms with Gasteiger partial charge in [0.25, 0.3) is 5.91 Å². The van der Waals surface area contributed by atoms with Gasteiger partial charge in [0.05, 0.1) is 6.54 Å². The van der Waals surface area contributed by atoms with E-state index >= 15 is 0 Å². The van der Waals surface area contributed by atoms with Crippen molar-refractivity contribution >= 4 is 34.6 Å². The fourth-order valence-corrected chi connectivity index (χ4v) is 3.44. The summed E-state index contributed by atoms with van der Waals surface area (Å²) in [5.41, 5.74) is 9.91. The SMILES string of the molecule is Cc1ccc(NC(=S)NNC(=O)CN2CCN(c3ccccc3)CC2)c(C)c1. The Bertz CT molecular complexity index is 819. The van der Waals surface area contributed by atoms with Crippen LogP contribution < -0.4 is 21.1 Å². The maximum absolute atomic E-state index is 12.2. The van der Waals surface area contributed by atoms with Crippen LogP contribution in [0.25, 0.3) is 0 Å². The Balaban J connectivity index is 1.38. The molecule has 148 valence electrons. The van der Waals surface area contributed by atoms with Crippen LogP contribution >= 0.6 is 12.2 Å². The van der Waals surface area contributed by atoms with Gasteiger partial charge in [-0.25, -0.2) is 0 Å². The molecule has 0 bridgehead atoms. The van der Waals surface area contributed by atoms with Crippen molar-refractivity contribution in [3.63, 3.8) is 0 Å². The molecule has 2 aromatic carbocycles. The van der Waals surface area contributed by atoms with Crippen LogP contribution in [0.5, 0.6) is 0 Å². The third-order valence-electron chi connectivity index (χ3n) is 4.81. The Morgan fingerprint density at radius 3 is 2.39 bits per heavy atom. The van der Waals surface area contributed by atoms with Gasteiger partial charge in [0.15, 0.2) is 5.11 Å². The summed E-state index contributed by atoms with van der Waals surface area (Å²) in [6, 6.07) is 16.4. The largest absolute Gasteiger partial charge is 0.369 e. The molecule has 1 saturated heterocycles. The average Bonchev–Trinajstić information content (AvgIpc) is 2.70. The smallest absolute Gasteiger partial charge is 0.252 e. The van der Waals surface area contributed by atoms with E-state index < -0.39 is 0 Å². The van der Waals surface area contributed by atoms with E-state index in [1.807, 2.05) is 32.0 Å². The molecule has 0 atom stereocenters. The van der Waals surface area contributed by atoms with E-state index in [-0.39, 0.29) is 5.91 Å². The highest BCUT2D eigenvalue weighted by molar-refractivity contribution is 7.80. The maximum atomic E-state index is 12.2. The zero-order valence-corrected chi connectivity index (χ0v) is 17.2. The molecule has 1 aliphatic heterocycles. The van der Waals surface area contributed by atoms with Crippen molar-refractivity contribution in [2.24, 2.45) is 0 Å². The van der Waals surface area contributed by atoms with Crippen LogP contribution in [0.3, 0.4) is 0 Å². The van der Waals surface area contributed by atoms with Gasteiger partial charge >= 0.3 is 0 Å². The Morgan fingerprint density at radius 2 is 1.71 bits per heavy atom. The second-order valence-electron chi connectivity index (χ2n) is 7.04.